The number of primary amides is 1. The van der Waals surface area contributed by atoms with E-state index in [2.05, 4.69) is 20.3 Å². The lowest BCUT2D eigenvalue weighted by Crippen LogP contribution is -2.19. The van der Waals surface area contributed by atoms with Gasteiger partial charge in [0.05, 0.1) is 19.4 Å². The van der Waals surface area contributed by atoms with Crippen molar-refractivity contribution in [2.45, 2.75) is 6.54 Å². The molecule has 0 atom stereocenters. The van der Waals surface area contributed by atoms with Crippen molar-refractivity contribution in [3.05, 3.63) is 47.9 Å². The van der Waals surface area contributed by atoms with Gasteiger partial charge in [-0.05, 0) is 5.56 Å². The predicted octanol–water partition coefficient (Wildman–Crippen LogP) is 2.25. The normalized spacial score (nSPS) is 10.9. The molecule has 0 saturated heterocycles. The number of nitrogens with two attached hydrogens (primary N) is 1. The Balaban J connectivity index is 2.10. The highest BCUT2D eigenvalue weighted by atomic mass is 35.5. The van der Waals surface area contributed by atoms with Crippen LogP contribution in [0.1, 0.15) is 16.1 Å². The minimum atomic E-state index is -0.631. The van der Waals surface area contributed by atoms with Gasteiger partial charge in [-0.15, -0.1) is 16.7 Å². The molecule has 1 aromatic carbocycles. The van der Waals surface area contributed by atoms with E-state index in [1.54, 1.807) is 5.01 Å². The Labute approximate surface area is 126 Å². The summed E-state index contributed by atoms with van der Waals surface area (Å²) in [7, 11) is 0. The molecule has 1 heterocycles. The first-order chi connectivity index (χ1) is 10.2. The molecular weight excluding hydrogens is 292 g/mol. The molecule has 0 unspecified atom stereocenters. The van der Waals surface area contributed by atoms with Crippen molar-refractivity contribution in [3.8, 4) is 0 Å². The highest BCUT2D eigenvalue weighted by Crippen LogP contribution is 2.14. The van der Waals surface area contributed by atoms with Gasteiger partial charge < -0.3 is 10.7 Å². The molecule has 0 aliphatic carbocycles. The van der Waals surface area contributed by atoms with Crippen LogP contribution in [0.25, 0.3) is 0 Å². The van der Waals surface area contributed by atoms with Gasteiger partial charge >= 0.3 is 0 Å². The topological polar surface area (TPSA) is 99.7 Å². The van der Waals surface area contributed by atoms with E-state index in [1.165, 1.54) is 6.33 Å². The van der Waals surface area contributed by atoms with Crippen LogP contribution in [0.15, 0.2) is 47.0 Å². The lowest BCUT2D eigenvalue weighted by Gasteiger charge is -2.15. The lowest BCUT2D eigenvalue weighted by molar-refractivity contribution is 0.0996. The molecule has 21 heavy (non-hydrogen) atoms. The SMILES string of the molecule is NC(=O)c1[nH]cnc1N=NN(CCCl)Cc1ccccc1. The molecule has 2 aromatic rings. The van der Waals surface area contributed by atoms with Crippen LogP contribution in [0.5, 0.6) is 0 Å². The van der Waals surface area contributed by atoms with Gasteiger partial charge in [0.25, 0.3) is 5.91 Å². The van der Waals surface area contributed by atoms with Crippen molar-refractivity contribution in [1.29, 1.82) is 0 Å². The van der Waals surface area contributed by atoms with Gasteiger partial charge in [0.2, 0.25) is 5.82 Å². The number of hydrogen-bond acceptors (Lipinski definition) is 4. The Morgan fingerprint density at radius 1 is 1.38 bits per heavy atom. The number of nitrogens with one attached hydrogen (secondary N) is 1. The molecule has 0 aliphatic rings. The van der Waals surface area contributed by atoms with Gasteiger partial charge in [-0.1, -0.05) is 35.6 Å². The zero-order chi connectivity index (χ0) is 15.1. The molecule has 1 aromatic heterocycles. The first-order valence-electron chi connectivity index (χ1n) is 6.30. The van der Waals surface area contributed by atoms with Crippen LogP contribution in [0, 0.1) is 0 Å². The van der Waals surface area contributed by atoms with Crippen LogP contribution in [-0.4, -0.2) is 33.3 Å². The van der Waals surface area contributed by atoms with Gasteiger partial charge in [0.1, 0.15) is 0 Å². The van der Waals surface area contributed by atoms with E-state index in [9.17, 15) is 4.79 Å². The van der Waals surface area contributed by atoms with E-state index in [4.69, 9.17) is 17.3 Å². The van der Waals surface area contributed by atoms with Crippen LogP contribution in [-0.2, 0) is 6.54 Å². The van der Waals surface area contributed by atoms with Gasteiger partial charge in [0.15, 0.2) is 5.69 Å². The van der Waals surface area contributed by atoms with E-state index in [0.29, 0.717) is 19.0 Å². The summed E-state index contributed by atoms with van der Waals surface area (Å²) in [6, 6.07) is 9.81. The van der Waals surface area contributed by atoms with Crippen molar-refractivity contribution in [2.24, 2.45) is 16.1 Å². The molecule has 1 amide bonds. The van der Waals surface area contributed by atoms with Crippen molar-refractivity contribution in [3.63, 3.8) is 0 Å². The quantitative estimate of drug-likeness (QED) is 0.466. The number of rotatable bonds is 7. The molecule has 110 valence electrons. The number of benzene rings is 1. The molecule has 3 N–H and O–H groups in total. The fourth-order valence-corrected chi connectivity index (χ4v) is 1.89. The standard InChI is InChI=1S/C13H15ClN6O/c14-6-7-20(8-10-4-2-1-3-5-10)19-18-13-11(12(15)21)16-9-17-13/h1-5,9H,6-8H2,(H2,15,21)(H,16,17). The smallest absolute Gasteiger partial charge is 0.269 e. The Bertz CT molecular complexity index is 612. The number of hydrogen-bond donors (Lipinski definition) is 2. The van der Waals surface area contributed by atoms with E-state index in [1.807, 2.05) is 30.3 Å². The third-order valence-electron chi connectivity index (χ3n) is 2.68. The predicted molar refractivity (Wildman–Crippen MR) is 79.2 cm³/mol. The second kappa shape index (κ2) is 7.39. The average Bonchev–Trinajstić information content (AvgIpc) is 2.95. The average molecular weight is 307 g/mol. The zero-order valence-electron chi connectivity index (χ0n) is 11.2. The van der Waals surface area contributed by atoms with Crippen LogP contribution in [0.4, 0.5) is 5.82 Å². The van der Waals surface area contributed by atoms with Crippen LogP contribution in [0.3, 0.4) is 0 Å². The third kappa shape index (κ3) is 4.28. The van der Waals surface area contributed by atoms with E-state index < -0.39 is 5.91 Å². The molecule has 0 bridgehead atoms. The Morgan fingerprint density at radius 3 is 2.81 bits per heavy atom. The summed E-state index contributed by atoms with van der Waals surface area (Å²) >= 11 is 5.77. The largest absolute Gasteiger partial charge is 0.364 e. The maximum Gasteiger partial charge on any atom is 0.269 e. The maximum absolute atomic E-state index is 11.2. The van der Waals surface area contributed by atoms with Crippen LogP contribution < -0.4 is 5.73 Å². The molecular formula is C13H15ClN6O. The molecule has 0 aliphatic heterocycles. The van der Waals surface area contributed by atoms with Crippen LogP contribution >= 0.6 is 11.6 Å². The molecule has 2 rings (SSSR count). The number of carbonyl (C=O) groups excluding carboxylic acids is 1. The summed E-state index contributed by atoms with van der Waals surface area (Å²) in [6.45, 7) is 1.09. The Morgan fingerprint density at radius 2 is 2.14 bits per heavy atom. The Kier molecular flexibility index (Phi) is 5.28. The summed E-state index contributed by atoms with van der Waals surface area (Å²) in [6.07, 6.45) is 1.34. The number of imidazole rings is 1. The number of halogens is 1. The van der Waals surface area contributed by atoms with E-state index >= 15 is 0 Å². The van der Waals surface area contributed by atoms with Gasteiger partial charge in [-0.2, -0.15) is 0 Å². The minimum absolute atomic E-state index is 0.129. The minimum Gasteiger partial charge on any atom is -0.364 e. The number of nitrogens with zero attached hydrogens (tertiary/aromatic N) is 4. The van der Waals surface area contributed by atoms with Gasteiger partial charge in [0, 0.05) is 5.88 Å². The molecule has 8 heteroatoms. The monoisotopic (exact) mass is 306 g/mol. The summed E-state index contributed by atoms with van der Waals surface area (Å²) in [5.41, 5.74) is 6.41. The number of amides is 1. The molecule has 0 fully saturated rings. The van der Waals surface area contributed by atoms with Gasteiger partial charge in [-0.3, -0.25) is 9.80 Å². The lowest BCUT2D eigenvalue weighted by atomic mass is 10.2. The van der Waals surface area contributed by atoms with Crippen molar-refractivity contribution >= 4 is 23.3 Å². The van der Waals surface area contributed by atoms with E-state index in [-0.39, 0.29) is 11.5 Å². The second-order valence-corrected chi connectivity index (χ2v) is 4.60. The number of aromatic amines is 1. The molecule has 0 saturated carbocycles. The summed E-state index contributed by atoms with van der Waals surface area (Å²) in [5, 5.41) is 9.73. The van der Waals surface area contributed by atoms with E-state index in [0.717, 1.165) is 5.56 Å². The Hall–Kier alpha value is -2.41. The van der Waals surface area contributed by atoms with Crippen LogP contribution in [0.2, 0.25) is 0 Å². The zero-order valence-corrected chi connectivity index (χ0v) is 12.0. The van der Waals surface area contributed by atoms with Crippen molar-refractivity contribution < 1.29 is 4.79 Å². The summed E-state index contributed by atoms with van der Waals surface area (Å²) < 4.78 is 0. The summed E-state index contributed by atoms with van der Waals surface area (Å²) in [5.74, 6) is -0.0571. The van der Waals surface area contributed by atoms with Crippen molar-refractivity contribution in [2.75, 3.05) is 12.4 Å². The van der Waals surface area contributed by atoms with Gasteiger partial charge in [-0.25, -0.2) is 4.98 Å². The van der Waals surface area contributed by atoms with Crippen molar-refractivity contribution in [1.82, 2.24) is 15.0 Å². The highest BCUT2D eigenvalue weighted by Gasteiger charge is 2.11. The fourth-order valence-electron chi connectivity index (χ4n) is 1.70. The number of aromatic nitrogens is 2. The fraction of sp³-hybridized carbons (Fsp3) is 0.231. The number of alkyl halides is 1. The second-order valence-electron chi connectivity index (χ2n) is 4.22. The molecule has 0 spiro atoms. The first kappa shape index (κ1) is 15.0. The number of H-pyrrole nitrogens is 1. The first-order valence-corrected chi connectivity index (χ1v) is 6.84. The maximum atomic E-state index is 11.2. The third-order valence-corrected chi connectivity index (χ3v) is 2.85. The molecule has 0 radical (unpaired) electrons. The molecule has 7 nitrogen and oxygen atoms in total. The highest BCUT2D eigenvalue weighted by molar-refractivity contribution is 6.18. The summed E-state index contributed by atoms with van der Waals surface area (Å²) in [4.78, 5) is 17.7. The number of carbonyl (C=O) groups is 1.